The summed E-state index contributed by atoms with van der Waals surface area (Å²) in [6, 6.07) is 8.39. The predicted molar refractivity (Wildman–Crippen MR) is 137 cm³/mol. The zero-order valence-corrected chi connectivity index (χ0v) is 21.9. The highest BCUT2D eigenvalue weighted by Crippen LogP contribution is 2.35. The fourth-order valence-electron chi connectivity index (χ4n) is 3.14. The molecular weight excluding hydrogens is 556 g/mol. The van der Waals surface area contributed by atoms with E-state index in [0.29, 0.717) is 33.2 Å². The molecule has 2 aromatic carbocycles. The molecule has 1 aromatic heterocycles. The molecule has 0 fully saturated rings. The minimum absolute atomic E-state index is 0.0319. The molecule has 33 heavy (non-hydrogen) atoms. The zero-order valence-electron chi connectivity index (χ0n) is 18.7. The van der Waals surface area contributed by atoms with Crippen LogP contribution in [0.4, 0.5) is 5.69 Å². The van der Waals surface area contributed by atoms with Crippen LogP contribution in [0, 0.1) is 10.1 Å². The number of hydrogen-bond donors (Lipinski definition) is 0. The van der Waals surface area contributed by atoms with E-state index in [2.05, 4.69) is 41.9 Å². The Labute approximate surface area is 208 Å². The van der Waals surface area contributed by atoms with Gasteiger partial charge in [0.05, 0.1) is 28.1 Å². The Morgan fingerprint density at radius 1 is 1.18 bits per heavy atom. The fraction of sp³-hybridized carbons (Fsp3) is 0.348. The maximum absolute atomic E-state index is 13.3. The van der Waals surface area contributed by atoms with Crippen molar-refractivity contribution in [3.63, 3.8) is 0 Å². The van der Waals surface area contributed by atoms with Crippen LogP contribution in [0.1, 0.15) is 57.8 Å². The van der Waals surface area contributed by atoms with Gasteiger partial charge in [0.15, 0.2) is 0 Å². The quantitative estimate of drug-likeness (QED) is 0.174. The summed E-state index contributed by atoms with van der Waals surface area (Å²) in [7, 11) is 0. The van der Waals surface area contributed by atoms with Gasteiger partial charge in [-0.2, -0.15) is 9.78 Å². The average molecular weight is 580 g/mol. The predicted octanol–water partition coefficient (Wildman–Crippen LogP) is 6.40. The Bertz CT molecular complexity index is 1290. The SMILES string of the molecule is CC[C@@H](C)c1nc2ccc(Br)cc2c(=O)n1N=Cc1cc(Br)cc([N+](=O)[O-])c1O[C@@H](C)CC. The molecule has 0 amide bonds. The summed E-state index contributed by atoms with van der Waals surface area (Å²) in [4.78, 5) is 29.2. The smallest absolute Gasteiger partial charge is 0.312 e. The molecule has 0 aliphatic carbocycles. The number of halogens is 2. The summed E-state index contributed by atoms with van der Waals surface area (Å²) in [6.45, 7) is 7.75. The van der Waals surface area contributed by atoms with Crippen molar-refractivity contribution in [2.24, 2.45) is 5.10 Å². The van der Waals surface area contributed by atoms with Crippen LogP contribution in [0.25, 0.3) is 10.9 Å². The second kappa shape index (κ2) is 10.6. The van der Waals surface area contributed by atoms with Crippen molar-refractivity contribution in [2.45, 2.75) is 52.6 Å². The van der Waals surface area contributed by atoms with Gasteiger partial charge in [-0.1, -0.05) is 52.6 Å². The van der Waals surface area contributed by atoms with E-state index in [0.717, 1.165) is 10.9 Å². The first-order chi connectivity index (χ1) is 15.7. The molecule has 0 aliphatic rings. The third-order valence-corrected chi connectivity index (χ3v) is 6.30. The Morgan fingerprint density at radius 3 is 2.55 bits per heavy atom. The largest absolute Gasteiger partial charge is 0.483 e. The van der Waals surface area contributed by atoms with Crippen molar-refractivity contribution in [2.75, 3.05) is 0 Å². The topological polar surface area (TPSA) is 99.6 Å². The molecule has 0 spiro atoms. The Morgan fingerprint density at radius 2 is 1.91 bits per heavy atom. The van der Waals surface area contributed by atoms with E-state index < -0.39 is 4.92 Å². The monoisotopic (exact) mass is 578 g/mol. The lowest BCUT2D eigenvalue weighted by Gasteiger charge is -2.16. The zero-order chi connectivity index (χ0) is 24.3. The van der Waals surface area contributed by atoms with Crippen LogP contribution in [0.3, 0.4) is 0 Å². The minimum Gasteiger partial charge on any atom is -0.483 e. The van der Waals surface area contributed by atoms with Crippen molar-refractivity contribution >= 4 is 54.7 Å². The van der Waals surface area contributed by atoms with Gasteiger partial charge >= 0.3 is 5.69 Å². The molecular formula is C23H24Br2N4O4. The van der Waals surface area contributed by atoms with E-state index >= 15 is 0 Å². The second-order valence-electron chi connectivity index (χ2n) is 7.74. The molecule has 0 N–H and O–H groups in total. The van der Waals surface area contributed by atoms with E-state index in [1.54, 1.807) is 18.2 Å². The first kappa shape index (κ1) is 25.0. The number of nitro benzene ring substituents is 1. The van der Waals surface area contributed by atoms with E-state index in [9.17, 15) is 14.9 Å². The number of fused-ring (bicyclic) bond motifs is 1. The van der Waals surface area contributed by atoms with Gasteiger partial charge in [0.1, 0.15) is 5.82 Å². The number of hydrogen-bond acceptors (Lipinski definition) is 6. The lowest BCUT2D eigenvalue weighted by atomic mass is 10.1. The van der Waals surface area contributed by atoms with E-state index in [1.807, 2.05) is 33.8 Å². The van der Waals surface area contributed by atoms with Crippen LogP contribution < -0.4 is 10.3 Å². The van der Waals surface area contributed by atoms with Crippen LogP contribution in [-0.2, 0) is 0 Å². The number of nitrogens with zero attached hydrogens (tertiary/aromatic N) is 4. The van der Waals surface area contributed by atoms with Crippen LogP contribution >= 0.6 is 31.9 Å². The first-order valence-corrected chi connectivity index (χ1v) is 12.2. The van der Waals surface area contributed by atoms with Gasteiger partial charge in [0, 0.05) is 26.5 Å². The number of rotatable bonds is 8. The summed E-state index contributed by atoms with van der Waals surface area (Å²) < 4.78 is 8.41. The van der Waals surface area contributed by atoms with Crippen molar-refractivity contribution in [1.29, 1.82) is 0 Å². The van der Waals surface area contributed by atoms with Crippen molar-refractivity contribution in [3.05, 3.63) is 71.1 Å². The maximum Gasteiger partial charge on any atom is 0.312 e. The maximum atomic E-state index is 13.3. The molecule has 8 nitrogen and oxygen atoms in total. The van der Waals surface area contributed by atoms with Gasteiger partial charge in [0.2, 0.25) is 5.75 Å². The lowest BCUT2D eigenvalue weighted by molar-refractivity contribution is -0.386. The van der Waals surface area contributed by atoms with Crippen molar-refractivity contribution < 1.29 is 9.66 Å². The fourth-order valence-corrected chi connectivity index (χ4v) is 3.97. The van der Waals surface area contributed by atoms with Gasteiger partial charge < -0.3 is 4.74 Å². The third kappa shape index (κ3) is 5.50. The van der Waals surface area contributed by atoms with E-state index in [1.165, 1.54) is 17.0 Å². The number of nitro groups is 1. The van der Waals surface area contributed by atoms with Gasteiger partial charge in [-0.3, -0.25) is 14.9 Å². The lowest BCUT2D eigenvalue weighted by Crippen LogP contribution is -2.24. The van der Waals surface area contributed by atoms with E-state index in [-0.39, 0.29) is 29.0 Å². The molecule has 0 saturated heterocycles. The normalized spacial score (nSPS) is 13.4. The van der Waals surface area contributed by atoms with Gasteiger partial charge in [-0.05, 0) is 44.0 Å². The summed E-state index contributed by atoms with van der Waals surface area (Å²) in [5, 5.41) is 16.5. The summed E-state index contributed by atoms with van der Waals surface area (Å²) in [5.41, 5.74) is 0.472. The van der Waals surface area contributed by atoms with Crippen LogP contribution in [0.5, 0.6) is 5.75 Å². The summed E-state index contributed by atoms with van der Waals surface area (Å²) in [6.07, 6.45) is 2.60. The first-order valence-electron chi connectivity index (χ1n) is 10.6. The van der Waals surface area contributed by atoms with Gasteiger partial charge in [-0.15, -0.1) is 0 Å². The molecule has 3 aromatic rings. The van der Waals surface area contributed by atoms with Crippen LogP contribution in [-0.4, -0.2) is 26.9 Å². The minimum atomic E-state index is -0.494. The molecule has 0 saturated carbocycles. The average Bonchev–Trinajstić information content (AvgIpc) is 2.79. The number of ether oxygens (including phenoxy) is 1. The third-order valence-electron chi connectivity index (χ3n) is 5.35. The second-order valence-corrected chi connectivity index (χ2v) is 9.57. The molecule has 3 rings (SSSR count). The van der Waals surface area contributed by atoms with E-state index in [4.69, 9.17) is 4.74 Å². The van der Waals surface area contributed by atoms with Gasteiger partial charge in [0.25, 0.3) is 5.56 Å². The Hall–Kier alpha value is -2.59. The van der Waals surface area contributed by atoms with Crippen molar-refractivity contribution in [1.82, 2.24) is 9.66 Å². The van der Waals surface area contributed by atoms with Gasteiger partial charge in [-0.25, -0.2) is 4.98 Å². The standard InChI is InChI=1S/C23H24Br2N4O4/c1-5-13(3)22-27-19-8-7-16(24)10-18(19)23(30)28(22)26-12-15-9-17(25)11-20(29(31)32)21(15)33-14(4)6-2/h7-14H,5-6H2,1-4H3/t13-,14+/m1/s1. The molecule has 174 valence electrons. The highest BCUT2D eigenvalue weighted by atomic mass is 79.9. The Kier molecular flexibility index (Phi) is 8.01. The molecule has 10 heteroatoms. The van der Waals surface area contributed by atoms with Crippen LogP contribution in [0.2, 0.25) is 0 Å². The molecule has 2 atom stereocenters. The van der Waals surface area contributed by atoms with Crippen LogP contribution in [0.15, 0.2) is 49.2 Å². The summed E-state index contributed by atoms with van der Waals surface area (Å²) >= 11 is 6.72. The molecule has 0 unspecified atom stereocenters. The molecule has 0 bridgehead atoms. The number of aromatic nitrogens is 2. The molecule has 0 radical (unpaired) electrons. The van der Waals surface area contributed by atoms with Crippen molar-refractivity contribution in [3.8, 4) is 5.75 Å². The highest BCUT2D eigenvalue weighted by Gasteiger charge is 2.22. The molecule has 1 heterocycles. The molecule has 0 aliphatic heterocycles. The number of benzene rings is 2. The highest BCUT2D eigenvalue weighted by molar-refractivity contribution is 9.10. The Balaban J connectivity index is 2.24. The summed E-state index contributed by atoms with van der Waals surface area (Å²) in [5.74, 6) is 0.592.